The van der Waals surface area contributed by atoms with E-state index in [2.05, 4.69) is 15.8 Å². The maximum absolute atomic E-state index is 12.1. The highest BCUT2D eigenvalue weighted by molar-refractivity contribution is 6.43. The van der Waals surface area contributed by atoms with Gasteiger partial charge in [-0.2, -0.15) is 5.10 Å². The molecule has 0 spiro atoms. The normalized spacial score (nSPS) is 10.8. The number of carbonyl (C=O) groups excluding carboxylic acids is 3. The summed E-state index contributed by atoms with van der Waals surface area (Å²) in [5.41, 5.74) is 3.80. The first-order valence-corrected chi connectivity index (χ1v) is 10.8. The second-order valence-electron chi connectivity index (χ2n) is 6.86. The van der Waals surface area contributed by atoms with Crippen molar-refractivity contribution in [3.8, 4) is 11.5 Å². The van der Waals surface area contributed by atoms with Gasteiger partial charge in [0.25, 0.3) is 0 Å². The zero-order valence-electron chi connectivity index (χ0n) is 18.3. The zero-order chi connectivity index (χ0) is 25.2. The van der Waals surface area contributed by atoms with E-state index in [1.165, 1.54) is 43.7 Å². The van der Waals surface area contributed by atoms with Gasteiger partial charge in [-0.05, 0) is 53.6 Å². The highest BCUT2D eigenvalue weighted by Crippen LogP contribution is 2.28. The molecule has 0 aliphatic rings. The summed E-state index contributed by atoms with van der Waals surface area (Å²) in [7, 11) is 1.42. The summed E-state index contributed by atoms with van der Waals surface area (Å²) in [4.78, 5) is 36.1. The quantitative estimate of drug-likeness (QED) is 0.119. The zero-order valence-corrected chi connectivity index (χ0v) is 19.8. The Bertz CT molecular complexity index is 1290. The van der Waals surface area contributed by atoms with Crippen LogP contribution in [0.5, 0.6) is 11.5 Å². The molecule has 0 saturated carbocycles. The second kappa shape index (κ2) is 12.4. The van der Waals surface area contributed by atoms with Gasteiger partial charge in [-0.3, -0.25) is 9.59 Å². The van der Waals surface area contributed by atoms with E-state index in [1.807, 2.05) is 30.3 Å². The number of hydrogen-bond acceptors (Lipinski definition) is 6. The van der Waals surface area contributed by atoms with Crippen LogP contribution in [0, 0.1) is 0 Å². The molecule has 0 bridgehead atoms. The van der Waals surface area contributed by atoms with Crippen LogP contribution in [0.25, 0.3) is 6.08 Å². The monoisotopic (exact) mass is 511 g/mol. The highest BCUT2D eigenvalue weighted by atomic mass is 35.5. The number of benzene rings is 3. The van der Waals surface area contributed by atoms with Crippen LogP contribution < -0.4 is 20.2 Å². The number of anilines is 1. The van der Waals surface area contributed by atoms with Gasteiger partial charge < -0.3 is 14.8 Å². The first-order chi connectivity index (χ1) is 16.9. The van der Waals surface area contributed by atoms with Crippen molar-refractivity contribution in [2.24, 2.45) is 5.10 Å². The molecule has 0 atom stereocenters. The lowest BCUT2D eigenvalue weighted by Gasteiger charge is -2.08. The van der Waals surface area contributed by atoms with Crippen molar-refractivity contribution in [1.82, 2.24) is 5.43 Å². The van der Waals surface area contributed by atoms with Crippen molar-refractivity contribution < 1.29 is 23.9 Å². The lowest BCUT2D eigenvalue weighted by Crippen LogP contribution is -2.32. The molecule has 10 heteroatoms. The number of rotatable bonds is 7. The first-order valence-electron chi connectivity index (χ1n) is 10.1. The standard InChI is InChI=1S/C25H19Cl2N3O5/c1-34-22-13-17(7-11-21(22)35-23(31)12-8-16-5-3-2-4-6-16)15-28-30-25(33)24(32)29-18-9-10-19(26)20(27)14-18/h2-15H,1H3,(H,29,32)(H,30,33)/b12-8+,28-15+. The Balaban J connectivity index is 1.57. The molecule has 2 N–H and O–H groups in total. The number of halogens is 2. The molecule has 0 heterocycles. The minimum Gasteiger partial charge on any atom is -0.493 e. The summed E-state index contributed by atoms with van der Waals surface area (Å²) in [5, 5.41) is 6.69. The molecule has 35 heavy (non-hydrogen) atoms. The van der Waals surface area contributed by atoms with Gasteiger partial charge in [0.05, 0.1) is 23.4 Å². The number of hydrogen-bond donors (Lipinski definition) is 2. The molecule has 0 fully saturated rings. The van der Waals surface area contributed by atoms with E-state index in [4.69, 9.17) is 32.7 Å². The number of amides is 2. The molecule has 3 aromatic carbocycles. The van der Waals surface area contributed by atoms with E-state index in [1.54, 1.807) is 18.2 Å². The maximum atomic E-state index is 12.1. The number of esters is 1. The number of nitrogens with one attached hydrogen (secondary N) is 2. The average Bonchev–Trinajstić information content (AvgIpc) is 2.86. The summed E-state index contributed by atoms with van der Waals surface area (Å²) >= 11 is 11.7. The lowest BCUT2D eigenvalue weighted by molar-refractivity contribution is -0.136. The third-order valence-electron chi connectivity index (χ3n) is 4.37. The summed E-state index contributed by atoms with van der Waals surface area (Å²) < 4.78 is 10.6. The Kier molecular flexibility index (Phi) is 9.00. The number of nitrogens with zero attached hydrogens (tertiary/aromatic N) is 1. The Morgan fingerprint density at radius 1 is 0.857 bits per heavy atom. The third-order valence-corrected chi connectivity index (χ3v) is 5.11. The third kappa shape index (κ3) is 7.70. The van der Waals surface area contributed by atoms with Crippen molar-refractivity contribution in [3.05, 3.63) is 94.0 Å². The van der Waals surface area contributed by atoms with Gasteiger partial charge in [-0.25, -0.2) is 10.2 Å². The van der Waals surface area contributed by atoms with E-state index in [9.17, 15) is 14.4 Å². The molecular weight excluding hydrogens is 493 g/mol. The fourth-order valence-corrected chi connectivity index (χ4v) is 3.00. The molecule has 0 unspecified atom stereocenters. The fourth-order valence-electron chi connectivity index (χ4n) is 2.70. The van der Waals surface area contributed by atoms with E-state index >= 15 is 0 Å². The minimum atomic E-state index is -0.991. The fraction of sp³-hybridized carbons (Fsp3) is 0.0400. The van der Waals surface area contributed by atoms with Crippen LogP contribution in [0.4, 0.5) is 5.69 Å². The van der Waals surface area contributed by atoms with E-state index in [-0.39, 0.29) is 16.5 Å². The summed E-state index contributed by atoms with van der Waals surface area (Å²) in [6.45, 7) is 0. The topological polar surface area (TPSA) is 106 Å². The lowest BCUT2D eigenvalue weighted by atomic mass is 10.2. The predicted molar refractivity (Wildman–Crippen MR) is 135 cm³/mol. The van der Waals surface area contributed by atoms with Crippen LogP contribution in [0.1, 0.15) is 11.1 Å². The van der Waals surface area contributed by atoms with Crippen LogP contribution in [0.3, 0.4) is 0 Å². The molecule has 0 aliphatic carbocycles. The first kappa shape index (κ1) is 25.5. The van der Waals surface area contributed by atoms with Gasteiger partial charge in [0.15, 0.2) is 11.5 Å². The highest BCUT2D eigenvalue weighted by Gasteiger charge is 2.14. The van der Waals surface area contributed by atoms with Crippen molar-refractivity contribution >= 4 is 59.0 Å². The van der Waals surface area contributed by atoms with Crippen molar-refractivity contribution in [3.63, 3.8) is 0 Å². The van der Waals surface area contributed by atoms with Crippen LogP contribution in [0.15, 0.2) is 77.9 Å². The second-order valence-corrected chi connectivity index (χ2v) is 7.67. The Labute approximate surface area is 211 Å². The number of hydrazone groups is 1. The van der Waals surface area contributed by atoms with Crippen LogP contribution in [-0.2, 0) is 14.4 Å². The molecular formula is C25H19Cl2N3O5. The Hall–Kier alpha value is -4.14. The summed E-state index contributed by atoms with van der Waals surface area (Å²) in [5.74, 6) is -2.02. The number of ether oxygens (including phenoxy) is 2. The van der Waals surface area contributed by atoms with Crippen LogP contribution >= 0.6 is 23.2 Å². The molecule has 0 aliphatic heterocycles. The van der Waals surface area contributed by atoms with E-state index in [0.29, 0.717) is 16.3 Å². The molecule has 0 aromatic heterocycles. The van der Waals surface area contributed by atoms with Gasteiger partial charge in [0.1, 0.15) is 0 Å². The Morgan fingerprint density at radius 3 is 2.34 bits per heavy atom. The van der Waals surface area contributed by atoms with E-state index in [0.717, 1.165) is 5.56 Å². The van der Waals surface area contributed by atoms with Gasteiger partial charge in [-0.1, -0.05) is 53.5 Å². The van der Waals surface area contributed by atoms with Gasteiger partial charge in [-0.15, -0.1) is 0 Å². The number of carbonyl (C=O) groups is 3. The average molecular weight is 512 g/mol. The van der Waals surface area contributed by atoms with E-state index < -0.39 is 17.8 Å². The largest absolute Gasteiger partial charge is 0.493 e. The maximum Gasteiger partial charge on any atom is 0.336 e. The number of methoxy groups -OCH3 is 1. The molecule has 3 aromatic rings. The van der Waals surface area contributed by atoms with Gasteiger partial charge in [0.2, 0.25) is 0 Å². The SMILES string of the molecule is COc1cc(/C=N/NC(=O)C(=O)Nc2ccc(Cl)c(Cl)c2)ccc1OC(=O)/C=C/c1ccccc1. The van der Waals surface area contributed by atoms with Gasteiger partial charge >= 0.3 is 17.8 Å². The molecule has 3 rings (SSSR count). The van der Waals surface area contributed by atoms with Crippen molar-refractivity contribution in [1.29, 1.82) is 0 Å². The van der Waals surface area contributed by atoms with Crippen molar-refractivity contribution in [2.75, 3.05) is 12.4 Å². The summed E-state index contributed by atoms with van der Waals surface area (Å²) in [6, 6.07) is 18.4. The van der Waals surface area contributed by atoms with Crippen LogP contribution in [0.2, 0.25) is 10.0 Å². The molecule has 2 amide bonds. The predicted octanol–water partition coefficient (Wildman–Crippen LogP) is 4.71. The minimum absolute atomic E-state index is 0.206. The molecule has 178 valence electrons. The smallest absolute Gasteiger partial charge is 0.336 e. The summed E-state index contributed by atoms with van der Waals surface area (Å²) in [6.07, 6.45) is 4.24. The molecule has 0 saturated heterocycles. The van der Waals surface area contributed by atoms with Crippen molar-refractivity contribution in [2.45, 2.75) is 0 Å². The van der Waals surface area contributed by atoms with Crippen LogP contribution in [-0.4, -0.2) is 31.1 Å². The van der Waals surface area contributed by atoms with Gasteiger partial charge in [0, 0.05) is 11.8 Å². The Morgan fingerprint density at radius 2 is 1.63 bits per heavy atom. The molecule has 8 nitrogen and oxygen atoms in total. The molecule has 0 radical (unpaired) electrons.